The molecule has 0 aliphatic rings. The van der Waals surface area contributed by atoms with Crippen LogP contribution >= 0.6 is 11.6 Å². The van der Waals surface area contributed by atoms with Crippen LogP contribution in [0.3, 0.4) is 0 Å². The highest BCUT2D eigenvalue weighted by atomic mass is 35.5. The number of anilines is 1. The van der Waals surface area contributed by atoms with E-state index in [0.717, 1.165) is 11.1 Å². The Morgan fingerprint density at radius 2 is 1.86 bits per heavy atom. The van der Waals surface area contributed by atoms with Gasteiger partial charge in [0, 0.05) is 22.9 Å². The Labute approximate surface area is 176 Å². The van der Waals surface area contributed by atoms with Crippen LogP contribution in [0.15, 0.2) is 72.9 Å². The third kappa shape index (κ3) is 5.69. The highest BCUT2D eigenvalue weighted by Gasteiger charge is 2.20. The van der Waals surface area contributed by atoms with E-state index in [0.29, 0.717) is 22.3 Å². The largest absolute Gasteiger partial charge is 0.437 e. The van der Waals surface area contributed by atoms with Crippen molar-refractivity contribution in [2.75, 3.05) is 5.32 Å². The lowest BCUT2D eigenvalue weighted by Gasteiger charge is -2.22. The van der Waals surface area contributed by atoms with E-state index in [2.05, 4.69) is 31.1 Å². The maximum absolute atomic E-state index is 12.4. The summed E-state index contributed by atoms with van der Waals surface area (Å²) >= 11 is 5.97. The van der Waals surface area contributed by atoms with Gasteiger partial charge in [0.25, 0.3) is 0 Å². The number of hydrogen-bond donors (Lipinski definition) is 1. The number of para-hydroxylation sites is 1. The fourth-order valence-electron chi connectivity index (χ4n) is 2.80. The third-order valence-corrected chi connectivity index (χ3v) is 4.44. The summed E-state index contributed by atoms with van der Waals surface area (Å²) in [6.07, 6.45) is 4.78. The van der Waals surface area contributed by atoms with Crippen molar-refractivity contribution < 1.29 is 9.53 Å². The lowest BCUT2D eigenvalue weighted by Crippen LogP contribution is -2.13. The van der Waals surface area contributed by atoms with Gasteiger partial charge in [-0.25, -0.2) is 4.98 Å². The van der Waals surface area contributed by atoms with Gasteiger partial charge in [-0.3, -0.25) is 4.79 Å². The molecule has 0 radical (unpaired) electrons. The molecule has 0 aliphatic carbocycles. The predicted octanol–water partition coefficient (Wildman–Crippen LogP) is 6.48. The molecule has 0 saturated heterocycles. The highest BCUT2D eigenvalue weighted by Crippen LogP contribution is 2.35. The van der Waals surface area contributed by atoms with E-state index in [1.165, 1.54) is 6.08 Å². The normalized spacial score (nSPS) is 11.4. The third-order valence-electron chi connectivity index (χ3n) is 4.21. The first kappa shape index (κ1) is 20.6. The Bertz CT molecular complexity index is 1040. The first-order valence-corrected chi connectivity index (χ1v) is 9.68. The van der Waals surface area contributed by atoms with Gasteiger partial charge in [-0.2, -0.15) is 0 Å². The summed E-state index contributed by atoms with van der Waals surface area (Å²) in [6, 6.07) is 18.6. The number of amides is 1. The van der Waals surface area contributed by atoms with Gasteiger partial charge in [-0.1, -0.05) is 62.7 Å². The van der Waals surface area contributed by atoms with Crippen molar-refractivity contribution in [3.8, 4) is 11.6 Å². The van der Waals surface area contributed by atoms with Crippen molar-refractivity contribution in [2.24, 2.45) is 0 Å². The fourth-order valence-corrected chi connectivity index (χ4v) is 3.00. The van der Waals surface area contributed by atoms with Crippen LogP contribution in [-0.2, 0) is 10.2 Å². The molecular weight excluding hydrogens is 384 g/mol. The van der Waals surface area contributed by atoms with E-state index in [-0.39, 0.29) is 11.3 Å². The summed E-state index contributed by atoms with van der Waals surface area (Å²) in [6.45, 7) is 6.37. The van der Waals surface area contributed by atoms with Gasteiger partial charge in [0.1, 0.15) is 11.4 Å². The van der Waals surface area contributed by atoms with Crippen LogP contribution in [0, 0.1) is 0 Å². The number of carbonyl (C=O) groups is 1. The summed E-state index contributed by atoms with van der Waals surface area (Å²) in [7, 11) is 0. The second-order valence-corrected chi connectivity index (χ2v) is 8.02. The minimum absolute atomic E-state index is 0.0888. The second-order valence-electron chi connectivity index (χ2n) is 7.58. The number of ether oxygens (including phenoxy) is 1. The average molecular weight is 407 g/mol. The van der Waals surface area contributed by atoms with Gasteiger partial charge in [-0.15, -0.1) is 0 Å². The molecule has 3 rings (SSSR count). The molecule has 1 amide bonds. The number of hydrogen-bond acceptors (Lipinski definition) is 3. The van der Waals surface area contributed by atoms with Gasteiger partial charge in [-0.05, 0) is 47.4 Å². The zero-order valence-corrected chi connectivity index (χ0v) is 17.4. The molecule has 0 atom stereocenters. The maximum atomic E-state index is 12.4. The van der Waals surface area contributed by atoms with E-state index in [1.54, 1.807) is 36.5 Å². The van der Waals surface area contributed by atoms with Gasteiger partial charge in [0.15, 0.2) is 0 Å². The quantitative estimate of drug-likeness (QED) is 0.493. The molecule has 0 aliphatic heterocycles. The van der Waals surface area contributed by atoms with E-state index in [4.69, 9.17) is 16.3 Å². The second kappa shape index (κ2) is 8.93. The molecule has 5 heteroatoms. The van der Waals surface area contributed by atoms with Crippen LogP contribution in [-0.4, -0.2) is 10.9 Å². The fraction of sp³-hybridized carbons (Fsp3) is 0.167. The summed E-state index contributed by atoms with van der Waals surface area (Å²) < 4.78 is 6.08. The summed E-state index contributed by atoms with van der Waals surface area (Å²) in [5.74, 6) is 0.768. The monoisotopic (exact) mass is 406 g/mol. The lowest BCUT2D eigenvalue weighted by molar-refractivity contribution is -0.111. The number of rotatable bonds is 5. The molecule has 1 N–H and O–H groups in total. The number of benzene rings is 2. The minimum Gasteiger partial charge on any atom is -0.437 e. The molecule has 0 saturated carbocycles. The smallest absolute Gasteiger partial charge is 0.248 e. The number of aromatic nitrogens is 1. The Morgan fingerprint density at radius 1 is 1.07 bits per heavy atom. The number of carbonyl (C=O) groups excluding carboxylic acids is 1. The van der Waals surface area contributed by atoms with E-state index in [1.807, 2.05) is 36.4 Å². The SMILES string of the molecule is CC(C)(C)c1ccccc1Oc1ncccc1NC(=O)/C=C/c1cccc(Cl)c1. The number of pyridine rings is 1. The summed E-state index contributed by atoms with van der Waals surface area (Å²) in [5.41, 5.74) is 2.31. The van der Waals surface area contributed by atoms with Crippen molar-refractivity contribution in [3.05, 3.63) is 89.1 Å². The van der Waals surface area contributed by atoms with Crippen molar-refractivity contribution in [2.45, 2.75) is 26.2 Å². The van der Waals surface area contributed by atoms with E-state index >= 15 is 0 Å². The maximum Gasteiger partial charge on any atom is 0.248 e. The molecule has 0 fully saturated rings. The van der Waals surface area contributed by atoms with Crippen molar-refractivity contribution in [1.82, 2.24) is 4.98 Å². The van der Waals surface area contributed by atoms with Crippen molar-refractivity contribution >= 4 is 29.3 Å². The van der Waals surface area contributed by atoms with Crippen LogP contribution in [0.1, 0.15) is 31.9 Å². The summed E-state index contributed by atoms with van der Waals surface area (Å²) in [5, 5.41) is 3.45. The molecule has 0 bridgehead atoms. The summed E-state index contributed by atoms with van der Waals surface area (Å²) in [4.78, 5) is 16.7. The first-order chi connectivity index (χ1) is 13.8. The molecule has 0 spiro atoms. The highest BCUT2D eigenvalue weighted by molar-refractivity contribution is 6.30. The van der Waals surface area contributed by atoms with Crippen molar-refractivity contribution in [1.29, 1.82) is 0 Å². The molecule has 1 aromatic heterocycles. The zero-order valence-electron chi connectivity index (χ0n) is 16.6. The van der Waals surface area contributed by atoms with Crippen molar-refractivity contribution in [3.63, 3.8) is 0 Å². The Kier molecular flexibility index (Phi) is 6.35. The average Bonchev–Trinajstić information content (AvgIpc) is 2.68. The molecule has 148 valence electrons. The Balaban J connectivity index is 1.79. The Morgan fingerprint density at radius 3 is 2.62 bits per heavy atom. The number of halogens is 1. The molecular formula is C24H23ClN2O2. The van der Waals surface area contributed by atoms with Gasteiger partial charge in [0.05, 0.1) is 0 Å². The lowest BCUT2D eigenvalue weighted by atomic mass is 9.86. The van der Waals surface area contributed by atoms with Gasteiger partial charge in [0.2, 0.25) is 11.8 Å². The minimum atomic E-state index is -0.285. The van der Waals surface area contributed by atoms with E-state index in [9.17, 15) is 4.79 Å². The van der Waals surface area contributed by atoms with Crippen LogP contribution < -0.4 is 10.1 Å². The molecule has 2 aromatic carbocycles. The van der Waals surface area contributed by atoms with Crippen LogP contribution in [0.5, 0.6) is 11.6 Å². The zero-order chi connectivity index (χ0) is 20.9. The number of nitrogens with one attached hydrogen (secondary N) is 1. The molecule has 3 aromatic rings. The predicted molar refractivity (Wildman–Crippen MR) is 119 cm³/mol. The standard InChI is InChI=1S/C24H23ClN2O2/c1-24(2,3)19-10-4-5-12-21(19)29-23-20(11-7-15-26-23)27-22(28)14-13-17-8-6-9-18(25)16-17/h4-16H,1-3H3,(H,27,28)/b14-13+. The van der Waals surface area contributed by atoms with Crippen LogP contribution in [0.4, 0.5) is 5.69 Å². The molecule has 29 heavy (non-hydrogen) atoms. The van der Waals surface area contributed by atoms with E-state index < -0.39 is 0 Å². The molecule has 0 unspecified atom stereocenters. The molecule has 4 nitrogen and oxygen atoms in total. The Hall–Kier alpha value is -3.11. The van der Waals surface area contributed by atoms with Crippen LogP contribution in [0.2, 0.25) is 5.02 Å². The van der Waals surface area contributed by atoms with Gasteiger partial charge < -0.3 is 10.1 Å². The molecule has 1 heterocycles. The number of nitrogens with zero attached hydrogens (tertiary/aromatic N) is 1. The van der Waals surface area contributed by atoms with Gasteiger partial charge >= 0.3 is 0 Å². The topological polar surface area (TPSA) is 51.2 Å². The first-order valence-electron chi connectivity index (χ1n) is 9.30. The van der Waals surface area contributed by atoms with Crippen LogP contribution in [0.25, 0.3) is 6.08 Å².